The van der Waals surface area contributed by atoms with Gasteiger partial charge in [-0.1, -0.05) is 15.9 Å². The first kappa shape index (κ1) is 14.9. The molecule has 0 bridgehead atoms. The molecule has 0 saturated carbocycles. The minimum atomic E-state index is -0.239. The van der Waals surface area contributed by atoms with Crippen molar-refractivity contribution in [1.29, 1.82) is 0 Å². The number of likely N-dealkylation sites (N-methyl/N-ethyl adjacent to an activating group) is 1. The normalized spacial score (nSPS) is 13.5. The maximum atomic E-state index is 12.8. The number of hydrogen-bond acceptors (Lipinski definition) is 5. The van der Waals surface area contributed by atoms with Crippen molar-refractivity contribution >= 4 is 44.2 Å². The monoisotopic (exact) mass is 387 g/mol. The molecule has 1 amide bonds. The van der Waals surface area contributed by atoms with Gasteiger partial charge >= 0.3 is 0 Å². The Kier molecular flexibility index (Phi) is 3.61. The van der Waals surface area contributed by atoms with Gasteiger partial charge in [0.2, 0.25) is 0 Å². The molecule has 0 unspecified atom stereocenters. The van der Waals surface area contributed by atoms with Crippen molar-refractivity contribution in [2.45, 2.75) is 0 Å². The Hall–Kier alpha value is -2.61. The number of rotatable bonds is 2. The number of nitrogens with one attached hydrogen (secondary N) is 2. The van der Waals surface area contributed by atoms with E-state index < -0.39 is 0 Å². The van der Waals surface area contributed by atoms with Gasteiger partial charge in [0.1, 0.15) is 6.61 Å². The molecule has 24 heavy (non-hydrogen) atoms. The third-order valence-electron chi connectivity index (χ3n) is 3.97. The Labute approximate surface area is 146 Å². The van der Waals surface area contributed by atoms with Gasteiger partial charge in [-0.05, 0) is 18.2 Å². The van der Waals surface area contributed by atoms with Crippen molar-refractivity contribution < 1.29 is 9.53 Å². The van der Waals surface area contributed by atoms with Crippen molar-refractivity contribution in [2.75, 3.05) is 30.4 Å². The lowest BCUT2D eigenvalue weighted by Gasteiger charge is -2.29. The van der Waals surface area contributed by atoms with Gasteiger partial charge in [-0.25, -0.2) is 4.98 Å². The van der Waals surface area contributed by atoms with Gasteiger partial charge in [0, 0.05) is 17.7 Å². The number of aromatic amines is 1. The van der Waals surface area contributed by atoms with E-state index in [1.165, 1.54) is 0 Å². The lowest BCUT2D eigenvalue weighted by atomic mass is 10.1. The van der Waals surface area contributed by atoms with Crippen LogP contribution >= 0.6 is 15.9 Å². The van der Waals surface area contributed by atoms with E-state index in [4.69, 9.17) is 4.74 Å². The largest absolute Gasteiger partial charge is 0.489 e. The second kappa shape index (κ2) is 5.79. The summed E-state index contributed by atoms with van der Waals surface area (Å²) < 4.78 is 6.58. The molecule has 0 spiro atoms. The van der Waals surface area contributed by atoms with Crippen LogP contribution in [0.3, 0.4) is 0 Å². The highest BCUT2D eigenvalue weighted by atomic mass is 79.9. The van der Waals surface area contributed by atoms with Gasteiger partial charge in [0.05, 0.1) is 35.1 Å². The van der Waals surface area contributed by atoms with Gasteiger partial charge in [-0.2, -0.15) is 5.10 Å². The number of nitrogens with zero attached hydrogens (tertiary/aromatic N) is 3. The summed E-state index contributed by atoms with van der Waals surface area (Å²) in [5.41, 5.74) is 2.65. The summed E-state index contributed by atoms with van der Waals surface area (Å²) in [6.07, 6.45) is 3.26. The zero-order valence-electron chi connectivity index (χ0n) is 12.8. The second-order valence-electron chi connectivity index (χ2n) is 5.52. The van der Waals surface area contributed by atoms with Gasteiger partial charge in [0.25, 0.3) is 5.91 Å². The number of pyridine rings is 1. The Morgan fingerprint density at radius 3 is 3.21 bits per heavy atom. The quantitative estimate of drug-likeness (QED) is 0.706. The summed E-state index contributed by atoms with van der Waals surface area (Å²) in [6, 6.07) is 5.46. The minimum Gasteiger partial charge on any atom is -0.489 e. The molecule has 8 heteroatoms. The molecule has 4 rings (SSSR count). The van der Waals surface area contributed by atoms with Crippen LogP contribution in [-0.4, -0.2) is 41.3 Å². The molecule has 2 aromatic heterocycles. The van der Waals surface area contributed by atoms with Crippen LogP contribution in [0.15, 0.2) is 35.1 Å². The second-order valence-corrected chi connectivity index (χ2v) is 6.43. The van der Waals surface area contributed by atoms with Crippen molar-refractivity contribution in [1.82, 2.24) is 15.2 Å². The number of H-pyrrole nitrogens is 1. The van der Waals surface area contributed by atoms with Crippen LogP contribution in [0.2, 0.25) is 0 Å². The number of hydrogen-bond donors (Lipinski definition) is 2. The van der Waals surface area contributed by atoms with Gasteiger partial charge in [-0.15, -0.1) is 0 Å². The molecule has 7 nitrogen and oxygen atoms in total. The Balaban J connectivity index is 1.74. The Morgan fingerprint density at radius 2 is 2.33 bits per heavy atom. The van der Waals surface area contributed by atoms with Crippen LogP contribution in [0.25, 0.3) is 11.0 Å². The first-order chi connectivity index (χ1) is 11.6. The van der Waals surface area contributed by atoms with E-state index in [1.807, 2.05) is 13.1 Å². The smallest absolute Gasteiger partial charge is 0.259 e. The predicted molar refractivity (Wildman–Crippen MR) is 94.7 cm³/mol. The first-order valence-electron chi connectivity index (χ1n) is 7.40. The molecule has 0 saturated heterocycles. The zero-order valence-corrected chi connectivity index (χ0v) is 14.4. The Bertz CT molecular complexity index is 939. The van der Waals surface area contributed by atoms with Crippen LogP contribution in [0.1, 0.15) is 10.4 Å². The average molecular weight is 388 g/mol. The SMILES string of the molecule is CN1CCOc2c(C(=O)Nc3ccnc4[nH]ncc34)cc(Br)cc21. The zero-order chi connectivity index (χ0) is 16.7. The highest BCUT2D eigenvalue weighted by Gasteiger charge is 2.23. The lowest BCUT2D eigenvalue weighted by Crippen LogP contribution is -2.30. The number of carbonyl (C=O) groups excluding carboxylic acids is 1. The highest BCUT2D eigenvalue weighted by molar-refractivity contribution is 9.10. The summed E-state index contributed by atoms with van der Waals surface area (Å²) in [5.74, 6) is 0.360. The van der Waals surface area contributed by atoms with Crippen LogP contribution in [0.4, 0.5) is 11.4 Å². The maximum absolute atomic E-state index is 12.8. The number of ether oxygens (including phenoxy) is 1. The standard InChI is InChI=1S/C16H14BrN5O2/c1-22-4-5-24-14-10(6-9(17)7-13(14)22)16(23)20-12-2-3-18-15-11(12)8-19-21-15/h2-3,6-8H,4-5H2,1H3,(H2,18,19,20,21,23). The van der Waals surface area contributed by atoms with Gasteiger partial charge < -0.3 is 15.0 Å². The predicted octanol–water partition coefficient (Wildman–Crippen LogP) is 2.80. The first-order valence-corrected chi connectivity index (χ1v) is 8.19. The third kappa shape index (κ3) is 2.48. The molecule has 2 N–H and O–H groups in total. The summed E-state index contributed by atoms with van der Waals surface area (Å²) in [5, 5.41) is 10.4. The van der Waals surface area contributed by atoms with Crippen molar-refractivity contribution in [3.63, 3.8) is 0 Å². The van der Waals surface area contributed by atoms with E-state index in [1.54, 1.807) is 24.5 Å². The lowest BCUT2D eigenvalue weighted by molar-refractivity contribution is 0.102. The average Bonchev–Trinajstić information content (AvgIpc) is 3.05. The van der Waals surface area contributed by atoms with E-state index >= 15 is 0 Å². The summed E-state index contributed by atoms with van der Waals surface area (Å²) in [7, 11) is 1.98. The van der Waals surface area contributed by atoms with Crippen molar-refractivity contribution in [3.8, 4) is 5.75 Å². The fourth-order valence-corrected chi connectivity index (χ4v) is 3.18. The molecule has 1 aliphatic rings. The van der Waals surface area contributed by atoms with E-state index in [0.717, 1.165) is 22.1 Å². The van der Waals surface area contributed by atoms with E-state index in [0.29, 0.717) is 29.3 Å². The number of amides is 1. The van der Waals surface area contributed by atoms with E-state index in [2.05, 4.69) is 41.3 Å². The molecule has 0 radical (unpaired) electrons. The molecule has 0 aliphatic carbocycles. The van der Waals surface area contributed by atoms with Crippen molar-refractivity contribution in [3.05, 3.63) is 40.6 Å². The van der Waals surface area contributed by atoms with Crippen LogP contribution < -0.4 is 15.0 Å². The third-order valence-corrected chi connectivity index (χ3v) is 4.42. The number of fused-ring (bicyclic) bond motifs is 2. The molecular weight excluding hydrogens is 374 g/mol. The maximum Gasteiger partial charge on any atom is 0.259 e. The number of halogens is 1. The fraction of sp³-hybridized carbons (Fsp3) is 0.188. The molecule has 0 atom stereocenters. The molecule has 1 aliphatic heterocycles. The number of anilines is 2. The molecule has 1 aromatic carbocycles. The summed E-state index contributed by atoms with van der Waals surface area (Å²) >= 11 is 3.47. The summed E-state index contributed by atoms with van der Waals surface area (Å²) in [6.45, 7) is 1.33. The number of carbonyl (C=O) groups is 1. The highest BCUT2D eigenvalue weighted by Crippen LogP contribution is 2.37. The molecule has 122 valence electrons. The van der Waals surface area contributed by atoms with Crippen LogP contribution in [0.5, 0.6) is 5.75 Å². The molecular formula is C16H14BrN5O2. The molecule has 3 heterocycles. The fourth-order valence-electron chi connectivity index (χ4n) is 2.74. The molecule has 0 fully saturated rings. The van der Waals surface area contributed by atoms with Crippen molar-refractivity contribution in [2.24, 2.45) is 0 Å². The van der Waals surface area contributed by atoms with E-state index in [9.17, 15) is 4.79 Å². The van der Waals surface area contributed by atoms with Gasteiger partial charge in [-0.3, -0.25) is 9.89 Å². The number of aromatic nitrogens is 3. The van der Waals surface area contributed by atoms with Crippen LogP contribution in [-0.2, 0) is 0 Å². The minimum absolute atomic E-state index is 0.239. The number of benzene rings is 1. The summed E-state index contributed by atoms with van der Waals surface area (Å²) in [4.78, 5) is 19.1. The van der Waals surface area contributed by atoms with E-state index in [-0.39, 0.29) is 5.91 Å². The van der Waals surface area contributed by atoms with Gasteiger partial charge in [0.15, 0.2) is 11.4 Å². The topological polar surface area (TPSA) is 83.1 Å². The van der Waals surface area contributed by atoms with Crippen LogP contribution in [0, 0.1) is 0 Å². The Morgan fingerprint density at radius 1 is 1.46 bits per heavy atom. The molecule has 3 aromatic rings.